The highest BCUT2D eigenvalue weighted by molar-refractivity contribution is 5.48. The Balaban J connectivity index is 1.71. The third kappa shape index (κ3) is 3.04. The van der Waals surface area contributed by atoms with Crippen molar-refractivity contribution >= 4 is 5.69 Å². The normalized spacial score (nSPS) is 10.3. The lowest BCUT2D eigenvalue weighted by Gasteiger charge is -2.08. The molecule has 0 aliphatic heterocycles. The number of rotatable bonds is 5. The molecule has 0 amide bonds. The lowest BCUT2D eigenvalue weighted by Crippen LogP contribution is -2.01. The molecule has 1 heterocycles. The first-order chi connectivity index (χ1) is 10.4. The first kappa shape index (κ1) is 13.2. The maximum Gasteiger partial charge on any atom is 0.233 e. The Morgan fingerprint density at radius 2 is 1.76 bits per heavy atom. The molecule has 3 rings (SSSR count). The molecule has 2 N–H and O–H groups in total. The molecule has 2 aromatic carbocycles. The number of nitrogens with one attached hydrogen (secondary N) is 1. The van der Waals surface area contributed by atoms with Gasteiger partial charge in [-0.3, -0.25) is 10.7 Å². The number of nitrogens with zero attached hydrogens (tertiary/aromatic N) is 2. The molecule has 3 aromatic rings. The molecule has 106 valence electrons. The molecular formula is C16H15N3O2. The van der Waals surface area contributed by atoms with Crippen molar-refractivity contribution in [2.45, 2.75) is 6.61 Å². The number of ether oxygens (including phenoxy) is 1. The summed E-state index contributed by atoms with van der Waals surface area (Å²) in [4.78, 5) is 0. The number of hydrogen-bond donors (Lipinski definition) is 2. The Labute approximate surface area is 122 Å². The first-order valence-electron chi connectivity index (χ1n) is 6.59. The summed E-state index contributed by atoms with van der Waals surface area (Å²) in [6.45, 7) is 0.329. The molecule has 1 aromatic heterocycles. The maximum absolute atomic E-state index is 9.04. The van der Waals surface area contributed by atoms with Gasteiger partial charge in [-0.15, -0.1) is 5.10 Å². The van der Waals surface area contributed by atoms with Gasteiger partial charge in [0.25, 0.3) is 0 Å². The minimum absolute atomic E-state index is 0.329. The summed E-state index contributed by atoms with van der Waals surface area (Å²) in [5.74, 6) is 0.534. The Bertz CT molecular complexity index is 710. The van der Waals surface area contributed by atoms with Crippen molar-refractivity contribution in [3.8, 4) is 11.6 Å². The van der Waals surface area contributed by atoms with E-state index in [1.165, 1.54) is 0 Å². The van der Waals surface area contributed by atoms with Crippen LogP contribution in [0.25, 0.3) is 5.69 Å². The molecule has 5 heteroatoms. The van der Waals surface area contributed by atoms with Crippen LogP contribution in [0, 0.1) is 0 Å². The van der Waals surface area contributed by atoms with Crippen LogP contribution in [0.1, 0.15) is 5.56 Å². The van der Waals surface area contributed by atoms with Gasteiger partial charge in [0.15, 0.2) is 0 Å². The third-order valence-corrected chi connectivity index (χ3v) is 3.10. The second kappa shape index (κ2) is 6.11. The quantitative estimate of drug-likeness (QED) is 0.705. The SMILES string of the molecule is ONc1ccccc1COc1ccn(-c2ccccc2)n1. The van der Waals surface area contributed by atoms with E-state index in [-0.39, 0.29) is 0 Å². The molecule has 0 saturated heterocycles. The zero-order valence-electron chi connectivity index (χ0n) is 11.3. The Hall–Kier alpha value is -2.79. The van der Waals surface area contributed by atoms with Crippen molar-refractivity contribution in [3.63, 3.8) is 0 Å². The fraction of sp³-hybridized carbons (Fsp3) is 0.0625. The predicted molar refractivity (Wildman–Crippen MR) is 79.7 cm³/mol. The van der Waals surface area contributed by atoms with Crippen molar-refractivity contribution in [3.05, 3.63) is 72.4 Å². The van der Waals surface area contributed by atoms with Crippen LogP contribution in [-0.4, -0.2) is 15.0 Å². The van der Waals surface area contributed by atoms with E-state index < -0.39 is 0 Å². The fourth-order valence-corrected chi connectivity index (χ4v) is 2.02. The van der Waals surface area contributed by atoms with E-state index in [2.05, 4.69) is 10.6 Å². The van der Waals surface area contributed by atoms with Crippen molar-refractivity contribution in [1.29, 1.82) is 0 Å². The lowest BCUT2D eigenvalue weighted by molar-refractivity contribution is 0.290. The Kier molecular flexibility index (Phi) is 3.84. The van der Waals surface area contributed by atoms with Gasteiger partial charge in [0.2, 0.25) is 5.88 Å². The molecule has 0 fully saturated rings. The Morgan fingerprint density at radius 3 is 2.57 bits per heavy atom. The number of aromatic nitrogens is 2. The van der Waals surface area contributed by atoms with Crippen LogP contribution in [0.3, 0.4) is 0 Å². The van der Waals surface area contributed by atoms with Crippen molar-refractivity contribution in [1.82, 2.24) is 9.78 Å². The van der Waals surface area contributed by atoms with Crippen LogP contribution in [0.4, 0.5) is 5.69 Å². The lowest BCUT2D eigenvalue weighted by atomic mass is 10.2. The average Bonchev–Trinajstić information content (AvgIpc) is 3.03. The minimum Gasteiger partial charge on any atom is -0.472 e. The smallest absolute Gasteiger partial charge is 0.233 e. The summed E-state index contributed by atoms with van der Waals surface area (Å²) in [5, 5.41) is 13.4. The minimum atomic E-state index is 0.329. The average molecular weight is 281 g/mol. The second-order valence-electron chi connectivity index (χ2n) is 4.49. The molecule has 0 spiro atoms. The topological polar surface area (TPSA) is 59.3 Å². The molecule has 0 atom stereocenters. The van der Waals surface area contributed by atoms with Crippen molar-refractivity contribution < 1.29 is 9.94 Å². The molecular weight excluding hydrogens is 266 g/mol. The van der Waals surface area contributed by atoms with Crippen LogP contribution in [0.15, 0.2) is 66.9 Å². The van der Waals surface area contributed by atoms with E-state index in [4.69, 9.17) is 9.94 Å². The largest absolute Gasteiger partial charge is 0.472 e. The fourth-order valence-electron chi connectivity index (χ4n) is 2.02. The second-order valence-corrected chi connectivity index (χ2v) is 4.49. The van der Waals surface area contributed by atoms with Gasteiger partial charge in [-0.05, 0) is 18.2 Å². The molecule has 0 aliphatic carbocycles. The highest BCUT2D eigenvalue weighted by atomic mass is 16.5. The van der Waals surface area contributed by atoms with Crippen molar-refractivity contribution in [2.75, 3.05) is 5.48 Å². The summed E-state index contributed by atoms with van der Waals surface area (Å²) >= 11 is 0. The molecule has 5 nitrogen and oxygen atoms in total. The number of hydrogen-bond acceptors (Lipinski definition) is 4. The van der Waals surface area contributed by atoms with Crippen molar-refractivity contribution in [2.24, 2.45) is 0 Å². The van der Waals surface area contributed by atoms with Gasteiger partial charge in [0.1, 0.15) is 6.61 Å². The monoisotopic (exact) mass is 281 g/mol. The van der Waals surface area contributed by atoms with E-state index in [1.807, 2.05) is 60.8 Å². The van der Waals surface area contributed by atoms with Gasteiger partial charge in [-0.2, -0.15) is 0 Å². The van der Waals surface area contributed by atoms with Crippen LogP contribution in [-0.2, 0) is 6.61 Å². The van der Waals surface area contributed by atoms with E-state index in [1.54, 1.807) is 10.7 Å². The van der Waals surface area contributed by atoms with E-state index in [0.29, 0.717) is 18.2 Å². The number of anilines is 1. The summed E-state index contributed by atoms with van der Waals surface area (Å²) in [5.41, 5.74) is 4.61. The highest BCUT2D eigenvalue weighted by Gasteiger charge is 2.05. The first-order valence-corrected chi connectivity index (χ1v) is 6.59. The van der Waals surface area contributed by atoms with Gasteiger partial charge in [-0.25, -0.2) is 4.68 Å². The summed E-state index contributed by atoms with van der Waals surface area (Å²) in [6, 6.07) is 19.0. The summed E-state index contributed by atoms with van der Waals surface area (Å²) in [6.07, 6.45) is 1.85. The zero-order valence-corrected chi connectivity index (χ0v) is 11.3. The van der Waals surface area contributed by atoms with E-state index in [0.717, 1.165) is 11.3 Å². The van der Waals surface area contributed by atoms with Gasteiger partial charge in [0, 0.05) is 17.8 Å². The van der Waals surface area contributed by atoms with Crippen LogP contribution in [0.5, 0.6) is 5.88 Å². The van der Waals surface area contributed by atoms with Gasteiger partial charge >= 0.3 is 0 Å². The third-order valence-electron chi connectivity index (χ3n) is 3.10. The summed E-state index contributed by atoms with van der Waals surface area (Å²) < 4.78 is 7.41. The number of benzene rings is 2. The molecule has 21 heavy (non-hydrogen) atoms. The predicted octanol–water partition coefficient (Wildman–Crippen LogP) is 3.25. The van der Waals surface area contributed by atoms with Gasteiger partial charge in [0.05, 0.1) is 11.4 Å². The Morgan fingerprint density at radius 1 is 1.00 bits per heavy atom. The summed E-state index contributed by atoms with van der Waals surface area (Å²) in [7, 11) is 0. The van der Waals surface area contributed by atoms with E-state index in [9.17, 15) is 0 Å². The van der Waals surface area contributed by atoms with Crippen LogP contribution >= 0.6 is 0 Å². The maximum atomic E-state index is 9.04. The molecule has 0 saturated carbocycles. The van der Waals surface area contributed by atoms with E-state index >= 15 is 0 Å². The molecule has 0 aliphatic rings. The van der Waals surface area contributed by atoms with Crippen LogP contribution in [0.2, 0.25) is 0 Å². The van der Waals surface area contributed by atoms with Gasteiger partial charge in [-0.1, -0.05) is 36.4 Å². The van der Waals surface area contributed by atoms with Crippen LogP contribution < -0.4 is 10.2 Å². The standard InChI is InChI=1S/C16H15N3O2/c20-18-15-9-5-4-6-13(15)12-21-16-10-11-19(17-16)14-7-2-1-3-8-14/h1-11,18,20H,12H2. The highest BCUT2D eigenvalue weighted by Crippen LogP contribution is 2.17. The molecule has 0 radical (unpaired) electrons. The zero-order chi connectivity index (χ0) is 14.5. The molecule has 0 bridgehead atoms. The molecule has 0 unspecified atom stereocenters. The van der Waals surface area contributed by atoms with Gasteiger partial charge < -0.3 is 4.74 Å². The number of para-hydroxylation sites is 2.